The Hall–Kier alpha value is -1.49. The molecule has 96 valence electrons. The number of rotatable bonds is 3. The molecule has 18 heavy (non-hydrogen) atoms. The van der Waals surface area contributed by atoms with E-state index < -0.39 is 5.82 Å². The lowest BCUT2D eigenvalue weighted by molar-refractivity contribution is -0.118. The third-order valence-electron chi connectivity index (χ3n) is 3.33. The monoisotopic (exact) mass is 266 g/mol. The van der Waals surface area contributed by atoms with E-state index in [2.05, 4.69) is 5.32 Å². The van der Waals surface area contributed by atoms with E-state index >= 15 is 0 Å². The first-order valence-electron chi connectivity index (χ1n) is 5.71. The molecule has 0 aliphatic heterocycles. The average Bonchev–Trinajstić information content (AvgIpc) is 2.90. The van der Waals surface area contributed by atoms with Crippen LogP contribution in [-0.2, 0) is 4.79 Å². The van der Waals surface area contributed by atoms with Crippen LogP contribution in [0.4, 0.5) is 10.1 Å². The van der Waals surface area contributed by atoms with Gasteiger partial charge in [-0.3, -0.25) is 4.79 Å². The predicted octanol–water partition coefficient (Wildman–Crippen LogP) is 2.44. The highest BCUT2D eigenvalue weighted by Crippen LogP contribution is 2.52. The number of amides is 1. The number of thiocarbonyl (C=S) groups is 1. The van der Waals surface area contributed by atoms with E-state index in [1.165, 1.54) is 18.2 Å². The van der Waals surface area contributed by atoms with Crippen LogP contribution in [-0.4, -0.2) is 10.9 Å². The Kier molecular flexibility index (Phi) is 3.11. The highest BCUT2D eigenvalue weighted by molar-refractivity contribution is 7.80. The maximum atomic E-state index is 13.1. The SMILES string of the molecule is CC1(C)CC1C(=O)Nc1ccc(F)cc1C(N)=S. The Morgan fingerprint density at radius 1 is 1.56 bits per heavy atom. The summed E-state index contributed by atoms with van der Waals surface area (Å²) < 4.78 is 13.1. The van der Waals surface area contributed by atoms with Gasteiger partial charge in [-0.1, -0.05) is 26.1 Å². The summed E-state index contributed by atoms with van der Waals surface area (Å²) in [4.78, 5) is 12.0. The number of hydrogen-bond acceptors (Lipinski definition) is 2. The summed E-state index contributed by atoms with van der Waals surface area (Å²) in [6.07, 6.45) is 0.864. The number of nitrogens with one attached hydrogen (secondary N) is 1. The van der Waals surface area contributed by atoms with E-state index in [1.54, 1.807) is 0 Å². The molecule has 1 atom stereocenters. The van der Waals surface area contributed by atoms with Gasteiger partial charge in [0.1, 0.15) is 10.8 Å². The van der Waals surface area contributed by atoms with Gasteiger partial charge in [-0.15, -0.1) is 0 Å². The quantitative estimate of drug-likeness (QED) is 0.826. The van der Waals surface area contributed by atoms with Crippen molar-refractivity contribution in [3.8, 4) is 0 Å². The molecule has 0 saturated heterocycles. The maximum absolute atomic E-state index is 13.1. The number of anilines is 1. The molecule has 3 nitrogen and oxygen atoms in total. The molecule has 1 saturated carbocycles. The van der Waals surface area contributed by atoms with Crippen LogP contribution in [0, 0.1) is 17.2 Å². The molecule has 1 amide bonds. The van der Waals surface area contributed by atoms with Crippen LogP contribution in [0.2, 0.25) is 0 Å². The van der Waals surface area contributed by atoms with Crippen LogP contribution in [0.25, 0.3) is 0 Å². The van der Waals surface area contributed by atoms with Gasteiger partial charge in [-0.2, -0.15) is 0 Å². The molecular weight excluding hydrogens is 251 g/mol. The van der Waals surface area contributed by atoms with Gasteiger partial charge < -0.3 is 11.1 Å². The first-order valence-corrected chi connectivity index (χ1v) is 6.12. The summed E-state index contributed by atoms with van der Waals surface area (Å²) in [5.41, 5.74) is 6.39. The molecular formula is C13H15FN2OS. The first-order chi connectivity index (χ1) is 8.31. The summed E-state index contributed by atoms with van der Waals surface area (Å²) in [6.45, 7) is 4.08. The van der Waals surface area contributed by atoms with E-state index in [9.17, 15) is 9.18 Å². The Morgan fingerprint density at radius 2 is 2.17 bits per heavy atom. The second-order valence-corrected chi connectivity index (χ2v) is 5.73. The third-order valence-corrected chi connectivity index (χ3v) is 3.55. The molecule has 0 bridgehead atoms. The van der Waals surface area contributed by atoms with Crippen molar-refractivity contribution in [1.82, 2.24) is 0 Å². The molecule has 1 aromatic rings. The molecule has 1 aliphatic carbocycles. The molecule has 3 N–H and O–H groups in total. The summed E-state index contributed by atoms with van der Waals surface area (Å²) in [7, 11) is 0. The van der Waals surface area contributed by atoms with Crippen LogP contribution in [0.15, 0.2) is 18.2 Å². The number of benzene rings is 1. The highest BCUT2D eigenvalue weighted by Gasteiger charge is 2.50. The van der Waals surface area contributed by atoms with Gasteiger partial charge in [0.05, 0.1) is 5.69 Å². The second kappa shape index (κ2) is 4.31. The minimum absolute atomic E-state index is 0.00162. The van der Waals surface area contributed by atoms with Crippen molar-refractivity contribution in [2.75, 3.05) is 5.32 Å². The zero-order valence-electron chi connectivity index (χ0n) is 10.3. The Bertz CT molecular complexity index is 528. The molecule has 1 aromatic carbocycles. The summed E-state index contributed by atoms with van der Waals surface area (Å²) in [5.74, 6) is -0.492. The lowest BCUT2D eigenvalue weighted by Gasteiger charge is -2.11. The molecule has 0 aromatic heterocycles. The van der Waals surface area contributed by atoms with E-state index in [1.807, 2.05) is 13.8 Å². The number of hydrogen-bond donors (Lipinski definition) is 2. The van der Waals surface area contributed by atoms with Gasteiger partial charge in [0.15, 0.2) is 0 Å². The second-order valence-electron chi connectivity index (χ2n) is 5.29. The van der Waals surface area contributed by atoms with E-state index in [0.717, 1.165) is 6.42 Å². The fourth-order valence-corrected chi connectivity index (χ4v) is 2.13. The van der Waals surface area contributed by atoms with Crippen molar-refractivity contribution in [3.63, 3.8) is 0 Å². The van der Waals surface area contributed by atoms with Gasteiger partial charge in [-0.25, -0.2) is 4.39 Å². The third kappa shape index (κ3) is 2.51. The van der Waals surface area contributed by atoms with Crippen molar-refractivity contribution in [1.29, 1.82) is 0 Å². The minimum Gasteiger partial charge on any atom is -0.389 e. The molecule has 0 heterocycles. The summed E-state index contributed by atoms with van der Waals surface area (Å²) in [6, 6.07) is 3.99. The Morgan fingerprint density at radius 3 is 2.67 bits per heavy atom. The molecule has 0 radical (unpaired) electrons. The fourth-order valence-electron chi connectivity index (χ4n) is 1.96. The first kappa shape index (κ1) is 13.0. The van der Waals surface area contributed by atoms with Crippen molar-refractivity contribution >= 4 is 28.8 Å². The largest absolute Gasteiger partial charge is 0.389 e. The number of nitrogens with two attached hydrogens (primary N) is 1. The fraction of sp³-hybridized carbons (Fsp3) is 0.385. The standard InChI is InChI=1S/C13H15FN2OS/c1-13(2)6-9(13)12(17)16-10-4-3-7(14)5-8(10)11(15)18/h3-5,9H,6H2,1-2H3,(H2,15,18)(H,16,17). The number of halogens is 1. The smallest absolute Gasteiger partial charge is 0.228 e. The van der Waals surface area contributed by atoms with Gasteiger partial charge in [0.2, 0.25) is 5.91 Å². The minimum atomic E-state index is -0.428. The van der Waals surface area contributed by atoms with Crippen molar-refractivity contribution < 1.29 is 9.18 Å². The van der Waals surface area contributed by atoms with Crippen LogP contribution in [0.1, 0.15) is 25.8 Å². The van der Waals surface area contributed by atoms with Crippen LogP contribution in [0.3, 0.4) is 0 Å². The van der Waals surface area contributed by atoms with E-state index in [4.69, 9.17) is 18.0 Å². The predicted molar refractivity (Wildman–Crippen MR) is 72.8 cm³/mol. The zero-order valence-corrected chi connectivity index (χ0v) is 11.1. The van der Waals surface area contributed by atoms with Crippen LogP contribution >= 0.6 is 12.2 Å². The van der Waals surface area contributed by atoms with Gasteiger partial charge in [-0.05, 0) is 30.0 Å². The Labute approximate surface area is 111 Å². The van der Waals surface area contributed by atoms with Crippen molar-refractivity contribution in [2.24, 2.45) is 17.1 Å². The maximum Gasteiger partial charge on any atom is 0.228 e. The molecule has 5 heteroatoms. The molecule has 0 spiro atoms. The zero-order chi connectivity index (χ0) is 13.5. The van der Waals surface area contributed by atoms with Gasteiger partial charge in [0.25, 0.3) is 0 Å². The molecule has 2 rings (SSSR count). The molecule has 1 unspecified atom stereocenters. The lowest BCUT2D eigenvalue weighted by atomic mass is 10.1. The van der Waals surface area contributed by atoms with Gasteiger partial charge >= 0.3 is 0 Å². The highest BCUT2D eigenvalue weighted by atomic mass is 32.1. The Balaban J connectivity index is 2.19. The average molecular weight is 266 g/mol. The van der Waals surface area contributed by atoms with Crippen molar-refractivity contribution in [2.45, 2.75) is 20.3 Å². The van der Waals surface area contributed by atoms with Crippen LogP contribution in [0.5, 0.6) is 0 Å². The molecule has 1 aliphatic rings. The number of carbonyl (C=O) groups is 1. The molecule has 1 fully saturated rings. The lowest BCUT2D eigenvalue weighted by Crippen LogP contribution is -2.20. The van der Waals surface area contributed by atoms with E-state index in [-0.39, 0.29) is 22.2 Å². The van der Waals surface area contributed by atoms with Crippen molar-refractivity contribution in [3.05, 3.63) is 29.6 Å². The van der Waals surface area contributed by atoms with E-state index in [0.29, 0.717) is 11.3 Å². The summed E-state index contributed by atoms with van der Waals surface area (Å²) >= 11 is 4.85. The van der Waals surface area contributed by atoms with Gasteiger partial charge in [0, 0.05) is 11.5 Å². The van der Waals surface area contributed by atoms with Crippen LogP contribution < -0.4 is 11.1 Å². The summed E-state index contributed by atoms with van der Waals surface area (Å²) in [5, 5.41) is 2.76. The normalized spacial score (nSPS) is 20.3. The topological polar surface area (TPSA) is 55.1 Å². The number of carbonyl (C=O) groups excluding carboxylic acids is 1.